The third kappa shape index (κ3) is 4.49. The Bertz CT molecular complexity index is 1270. The molecule has 1 aromatic heterocycles. The topological polar surface area (TPSA) is 72.7 Å². The van der Waals surface area contributed by atoms with Crippen molar-refractivity contribution in [2.24, 2.45) is 4.99 Å². The lowest BCUT2D eigenvalue weighted by Gasteiger charge is -2.27. The second-order valence-corrected chi connectivity index (χ2v) is 9.03. The van der Waals surface area contributed by atoms with Crippen LogP contribution in [0.3, 0.4) is 0 Å². The Labute approximate surface area is 199 Å². The van der Waals surface area contributed by atoms with E-state index in [-0.39, 0.29) is 17.2 Å². The molecular weight excluding hydrogens is 466 g/mol. The van der Waals surface area contributed by atoms with Gasteiger partial charge in [-0.3, -0.25) is 4.79 Å². The first-order valence-electron chi connectivity index (χ1n) is 11.8. The van der Waals surface area contributed by atoms with Gasteiger partial charge >= 0.3 is 11.7 Å². The van der Waals surface area contributed by atoms with Crippen LogP contribution in [0.4, 0.5) is 23.4 Å². The summed E-state index contributed by atoms with van der Waals surface area (Å²) in [7, 11) is 0. The van der Waals surface area contributed by atoms with Gasteiger partial charge in [0, 0.05) is 31.1 Å². The molecule has 1 N–H and O–H groups in total. The summed E-state index contributed by atoms with van der Waals surface area (Å²) < 4.78 is 61.4. The minimum absolute atomic E-state index is 0.0407. The average Bonchev–Trinajstić information content (AvgIpc) is 3.22. The van der Waals surface area contributed by atoms with E-state index in [1.54, 1.807) is 10.4 Å². The van der Waals surface area contributed by atoms with Crippen molar-refractivity contribution in [2.45, 2.75) is 50.9 Å². The van der Waals surface area contributed by atoms with E-state index in [0.29, 0.717) is 43.7 Å². The van der Waals surface area contributed by atoms with Gasteiger partial charge in [0.05, 0.1) is 24.8 Å². The van der Waals surface area contributed by atoms with Crippen LogP contribution in [0.1, 0.15) is 60.1 Å². The highest BCUT2D eigenvalue weighted by Crippen LogP contribution is 2.34. The molecule has 1 saturated carbocycles. The molecule has 0 unspecified atom stereocenters. The summed E-state index contributed by atoms with van der Waals surface area (Å²) in [5.41, 5.74) is 0.148. The summed E-state index contributed by atoms with van der Waals surface area (Å²) in [5.74, 6) is -1.32. The second kappa shape index (κ2) is 9.18. The number of hydrogen-bond acceptors (Lipinski definition) is 5. The molecule has 186 valence electrons. The first-order chi connectivity index (χ1) is 16.7. The maximum atomic E-state index is 14.7. The standard InChI is InChI=1S/C24H25F4N5O2/c1-14(15-5-4-6-17(21(15)25)24(26,27)28)29-23(34)16-13-20(32-9-11-35-12-10-32)31-33-19-8-3-2-7-18(19)30-22(16)33/h4-6,13-14,18H,2-3,7-12H2,1H3/p+1/t14-,18-/m1/s1. The Morgan fingerprint density at radius 3 is 2.77 bits per heavy atom. The zero-order valence-corrected chi connectivity index (χ0v) is 19.2. The van der Waals surface area contributed by atoms with E-state index in [1.165, 1.54) is 13.0 Å². The first kappa shape index (κ1) is 23.7. The van der Waals surface area contributed by atoms with Crippen molar-refractivity contribution in [3.63, 3.8) is 0 Å². The summed E-state index contributed by atoms with van der Waals surface area (Å²) in [6.45, 7) is 3.78. The maximum absolute atomic E-state index is 14.7. The molecule has 0 radical (unpaired) electrons. The van der Waals surface area contributed by atoms with Crippen molar-refractivity contribution >= 4 is 11.7 Å². The quantitative estimate of drug-likeness (QED) is 0.527. The molecule has 3 aliphatic rings. The van der Waals surface area contributed by atoms with Crippen LogP contribution < -0.4 is 20.1 Å². The molecule has 11 heteroatoms. The molecule has 0 spiro atoms. The van der Waals surface area contributed by atoms with Gasteiger partial charge in [-0.05, 0) is 32.3 Å². The van der Waals surface area contributed by atoms with Gasteiger partial charge < -0.3 is 15.0 Å². The van der Waals surface area contributed by atoms with E-state index in [1.807, 2.05) is 4.90 Å². The number of aromatic nitrogens is 2. The van der Waals surface area contributed by atoms with Crippen LogP contribution in [-0.4, -0.2) is 43.4 Å². The molecule has 2 fully saturated rings. The lowest BCUT2D eigenvalue weighted by molar-refractivity contribution is -0.602. The average molecular weight is 492 g/mol. The molecule has 7 nitrogen and oxygen atoms in total. The monoisotopic (exact) mass is 492 g/mol. The number of fused-ring (bicyclic) bond motifs is 2. The van der Waals surface area contributed by atoms with Crippen molar-refractivity contribution in [1.29, 1.82) is 0 Å². The third-order valence-corrected chi connectivity index (χ3v) is 6.74. The molecule has 0 bridgehead atoms. The van der Waals surface area contributed by atoms with Crippen molar-refractivity contribution in [3.8, 4) is 0 Å². The smallest absolute Gasteiger partial charge is 0.378 e. The number of ether oxygens (including phenoxy) is 1. The van der Waals surface area contributed by atoms with Crippen LogP contribution in [-0.2, 0) is 10.9 Å². The van der Waals surface area contributed by atoms with Gasteiger partial charge in [-0.2, -0.15) is 13.2 Å². The maximum Gasteiger partial charge on any atom is 0.419 e. The van der Waals surface area contributed by atoms with Gasteiger partial charge in [0.2, 0.25) is 6.04 Å². The largest absolute Gasteiger partial charge is 0.419 e. The number of halogens is 4. The van der Waals surface area contributed by atoms with Crippen LogP contribution in [0.5, 0.6) is 0 Å². The summed E-state index contributed by atoms with van der Waals surface area (Å²) in [6.07, 6.45) is -1.07. The predicted molar refractivity (Wildman–Crippen MR) is 117 cm³/mol. The number of amides is 1. The molecule has 5 rings (SSSR count). The van der Waals surface area contributed by atoms with Crippen molar-refractivity contribution in [3.05, 3.63) is 58.0 Å². The van der Waals surface area contributed by atoms with Crippen molar-refractivity contribution < 1.29 is 31.5 Å². The molecule has 1 aliphatic carbocycles. The zero-order chi connectivity index (χ0) is 24.7. The number of benzene rings is 1. The number of anilines is 1. The highest BCUT2D eigenvalue weighted by Gasteiger charge is 2.38. The molecule has 2 atom stereocenters. The highest BCUT2D eigenvalue weighted by atomic mass is 19.4. The lowest BCUT2D eigenvalue weighted by Crippen LogP contribution is -2.48. The van der Waals surface area contributed by atoms with Crippen LogP contribution in [0, 0.1) is 11.5 Å². The fraction of sp³-hybridized carbons (Fsp3) is 0.500. The summed E-state index contributed by atoms with van der Waals surface area (Å²) in [5, 5.41) is 7.46. The number of alkyl halides is 3. The molecule has 2 aliphatic heterocycles. The molecular formula is C24H26F4N5O2+. The molecule has 1 saturated heterocycles. The van der Waals surface area contributed by atoms with Gasteiger partial charge in [-0.25, -0.2) is 4.39 Å². The van der Waals surface area contributed by atoms with E-state index in [4.69, 9.17) is 14.8 Å². The van der Waals surface area contributed by atoms with Crippen molar-refractivity contribution in [2.75, 3.05) is 31.2 Å². The number of carbonyl (C=O) groups is 1. The van der Waals surface area contributed by atoms with Gasteiger partial charge in [-0.15, -0.1) is 0 Å². The normalized spacial score (nSPS) is 20.7. The number of hydrogen-bond donors (Lipinski definition) is 1. The molecule has 1 aromatic carbocycles. The lowest BCUT2D eigenvalue weighted by atomic mass is 9.94. The van der Waals surface area contributed by atoms with Crippen LogP contribution in [0.15, 0.2) is 29.3 Å². The van der Waals surface area contributed by atoms with E-state index < -0.39 is 29.5 Å². The molecule has 2 aromatic rings. The van der Waals surface area contributed by atoms with Gasteiger partial charge in [0.1, 0.15) is 11.4 Å². The SMILES string of the molecule is C[C@@H](NC(=O)c1cc(N2CCOCC2)n[n+]2c1=N[C@@H]1CCCCC=21)c1cccc(C(F)(F)F)c1F. The minimum Gasteiger partial charge on any atom is -0.378 e. The van der Waals surface area contributed by atoms with Gasteiger partial charge in [0.15, 0.2) is 11.5 Å². The number of nitrogens with zero attached hydrogens (tertiary/aromatic N) is 4. The Morgan fingerprint density at radius 2 is 2.03 bits per heavy atom. The summed E-state index contributed by atoms with van der Waals surface area (Å²) in [4.78, 5) is 20.2. The van der Waals surface area contributed by atoms with Gasteiger partial charge in [0.25, 0.3) is 5.91 Å². The van der Waals surface area contributed by atoms with E-state index in [9.17, 15) is 22.4 Å². The highest BCUT2D eigenvalue weighted by molar-refractivity contribution is 5.94. The van der Waals surface area contributed by atoms with E-state index in [2.05, 4.69) is 5.32 Å². The molecule has 3 heterocycles. The Hall–Kier alpha value is -3.08. The van der Waals surface area contributed by atoms with Crippen molar-refractivity contribution in [1.82, 2.24) is 10.4 Å². The predicted octanol–water partition coefficient (Wildman–Crippen LogP) is 2.81. The minimum atomic E-state index is -4.83. The third-order valence-electron chi connectivity index (χ3n) is 6.74. The van der Waals surface area contributed by atoms with Crippen LogP contribution >= 0.6 is 0 Å². The zero-order valence-electron chi connectivity index (χ0n) is 19.2. The molecule has 1 amide bonds. The Morgan fingerprint density at radius 1 is 1.26 bits per heavy atom. The first-order valence-corrected chi connectivity index (χ1v) is 11.8. The number of rotatable bonds is 4. The number of nitrogens with one attached hydrogen (secondary N) is 1. The summed E-state index contributed by atoms with van der Waals surface area (Å²) >= 11 is 0. The number of morpholine rings is 1. The Balaban J connectivity index is 1.52. The van der Waals surface area contributed by atoms with E-state index in [0.717, 1.165) is 37.5 Å². The van der Waals surface area contributed by atoms with Crippen LogP contribution in [0.2, 0.25) is 0 Å². The van der Waals surface area contributed by atoms with E-state index >= 15 is 0 Å². The van der Waals surface area contributed by atoms with Crippen LogP contribution in [0.25, 0.3) is 0 Å². The Kier molecular flexibility index (Phi) is 6.20. The fourth-order valence-electron chi connectivity index (χ4n) is 4.89. The summed E-state index contributed by atoms with van der Waals surface area (Å²) in [6, 6.07) is 3.68. The van der Waals surface area contributed by atoms with Gasteiger partial charge in [-0.1, -0.05) is 26.6 Å². The fourth-order valence-corrected chi connectivity index (χ4v) is 4.89. The second-order valence-electron chi connectivity index (χ2n) is 9.03. The number of carbonyl (C=O) groups excluding carboxylic acids is 1. The molecule has 35 heavy (non-hydrogen) atoms.